The summed E-state index contributed by atoms with van der Waals surface area (Å²) < 4.78 is 4.65. The van der Waals surface area contributed by atoms with Crippen molar-refractivity contribution < 1.29 is 14.4 Å². The van der Waals surface area contributed by atoms with Crippen LogP contribution in [0.3, 0.4) is 0 Å². The zero-order chi connectivity index (χ0) is 8.81. The van der Waals surface area contributed by atoms with Gasteiger partial charge in [0, 0.05) is 0 Å². The smallest absolute Gasteiger partial charge is 0.394 e. The maximum Gasteiger partial charge on any atom is 0.534 e. The van der Waals surface area contributed by atoms with Gasteiger partial charge in [-0.15, -0.1) is 0 Å². The predicted octanol–water partition coefficient (Wildman–Crippen LogP) is 0.580. The highest BCUT2D eigenvalue weighted by Gasteiger charge is 2.03. The van der Waals surface area contributed by atoms with Gasteiger partial charge in [-0.05, 0) is 12.1 Å². The van der Waals surface area contributed by atoms with Gasteiger partial charge in [-0.1, -0.05) is 23.8 Å². The number of ether oxygens (including phenoxy) is 1. The van der Waals surface area contributed by atoms with Crippen molar-refractivity contribution in [3.63, 3.8) is 0 Å². The Morgan fingerprint density at radius 1 is 1.33 bits per heavy atom. The molecule has 0 saturated heterocycles. The fraction of sp³-hybridized carbons (Fsp3) is 0. The molecule has 3 N–H and O–H groups in total. The Morgan fingerprint density at radius 2 is 2.00 bits per heavy atom. The Balaban J connectivity index is 2.47. The van der Waals surface area contributed by atoms with E-state index in [-0.39, 0.29) is 0 Å². The summed E-state index contributed by atoms with van der Waals surface area (Å²) in [6, 6.07) is 8.52. The largest absolute Gasteiger partial charge is 0.534 e. The van der Waals surface area contributed by atoms with Gasteiger partial charge in [0.1, 0.15) is 5.75 Å². The summed E-state index contributed by atoms with van der Waals surface area (Å²) in [5.74, 6) is 5.11. The molecule has 0 radical (unpaired) electrons. The highest BCUT2D eigenvalue weighted by Crippen LogP contribution is 2.08. The van der Waals surface area contributed by atoms with Crippen molar-refractivity contribution in [2.45, 2.75) is 0 Å². The summed E-state index contributed by atoms with van der Waals surface area (Å²) >= 11 is 0. The normalized spacial score (nSPS) is 9.08. The molecule has 5 nitrogen and oxygen atoms in total. The topological polar surface area (TPSA) is 73.6 Å². The molecule has 0 atom stereocenters. The van der Waals surface area contributed by atoms with Crippen molar-refractivity contribution in [1.82, 2.24) is 5.59 Å². The Labute approximate surface area is 69.0 Å². The molecule has 64 valence electrons. The second-order valence-electron chi connectivity index (χ2n) is 1.89. The number of nitrogens with two attached hydrogens (primary N) is 1. The van der Waals surface area contributed by atoms with E-state index in [1.165, 1.54) is 0 Å². The van der Waals surface area contributed by atoms with Crippen LogP contribution in [0.4, 0.5) is 4.79 Å². The Kier molecular flexibility index (Phi) is 3.06. The van der Waals surface area contributed by atoms with Crippen molar-refractivity contribution in [2.75, 3.05) is 0 Å². The molecule has 1 aromatic rings. The van der Waals surface area contributed by atoms with Crippen LogP contribution in [0.25, 0.3) is 0 Å². The molecule has 0 aliphatic heterocycles. The van der Waals surface area contributed by atoms with Crippen molar-refractivity contribution >= 4 is 6.16 Å². The molecule has 0 heterocycles. The Hall–Kier alpha value is -1.59. The molecule has 5 heteroatoms. The Morgan fingerprint density at radius 3 is 2.58 bits per heavy atom. The van der Waals surface area contributed by atoms with Crippen LogP contribution in [-0.2, 0) is 4.84 Å². The van der Waals surface area contributed by atoms with Crippen molar-refractivity contribution in [3.05, 3.63) is 30.3 Å². The van der Waals surface area contributed by atoms with E-state index < -0.39 is 6.16 Å². The van der Waals surface area contributed by atoms with Gasteiger partial charge in [0.2, 0.25) is 0 Å². The van der Waals surface area contributed by atoms with Crippen LogP contribution in [0.5, 0.6) is 5.75 Å². The highest BCUT2D eigenvalue weighted by molar-refractivity contribution is 5.63. The monoisotopic (exact) mass is 168 g/mol. The van der Waals surface area contributed by atoms with Gasteiger partial charge in [0.05, 0.1) is 0 Å². The Bertz CT molecular complexity index is 250. The first kappa shape index (κ1) is 8.51. The zero-order valence-corrected chi connectivity index (χ0v) is 6.19. The first-order chi connectivity index (χ1) is 5.83. The number of hydrazine groups is 1. The van der Waals surface area contributed by atoms with Crippen LogP contribution in [-0.4, -0.2) is 6.16 Å². The minimum Gasteiger partial charge on any atom is -0.394 e. The summed E-state index contributed by atoms with van der Waals surface area (Å²) in [6.07, 6.45) is -0.899. The highest BCUT2D eigenvalue weighted by atomic mass is 16.8. The molecular weight excluding hydrogens is 160 g/mol. The van der Waals surface area contributed by atoms with E-state index in [0.717, 1.165) is 0 Å². The van der Waals surface area contributed by atoms with Gasteiger partial charge in [-0.25, -0.2) is 10.6 Å². The summed E-state index contributed by atoms with van der Waals surface area (Å²) in [5, 5.41) is 0. The minimum absolute atomic E-state index is 0.401. The van der Waals surface area contributed by atoms with Crippen LogP contribution in [0.1, 0.15) is 0 Å². The third-order valence-electron chi connectivity index (χ3n) is 1.09. The molecule has 0 spiro atoms. The maximum absolute atomic E-state index is 10.6. The first-order valence-electron chi connectivity index (χ1n) is 3.22. The molecule has 0 aliphatic carbocycles. The average Bonchev–Trinajstić information content (AvgIpc) is 2.06. The van der Waals surface area contributed by atoms with E-state index in [4.69, 9.17) is 5.84 Å². The fourth-order valence-corrected chi connectivity index (χ4v) is 0.654. The van der Waals surface area contributed by atoms with Gasteiger partial charge in [-0.2, -0.15) is 0 Å². The SMILES string of the molecule is NNOC(=O)Oc1ccccc1. The van der Waals surface area contributed by atoms with Crippen LogP contribution in [0, 0.1) is 0 Å². The average molecular weight is 168 g/mol. The third kappa shape index (κ3) is 2.57. The number of carbonyl (C=O) groups is 1. The third-order valence-corrected chi connectivity index (χ3v) is 1.09. The second kappa shape index (κ2) is 4.32. The molecule has 0 fully saturated rings. The van der Waals surface area contributed by atoms with Gasteiger partial charge >= 0.3 is 6.16 Å². The molecule has 1 rings (SSSR count). The molecule has 0 saturated carbocycles. The lowest BCUT2D eigenvalue weighted by Gasteiger charge is -2.01. The van der Waals surface area contributed by atoms with E-state index in [0.29, 0.717) is 5.75 Å². The quantitative estimate of drug-likeness (QED) is 0.292. The van der Waals surface area contributed by atoms with Crippen molar-refractivity contribution in [1.29, 1.82) is 0 Å². The lowest BCUT2D eigenvalue weighted by molar-refractivity contribution is 0.0509. The number of hydrogen-bond acceptors (Lipinski definition) is 5. The summed E-state index contributed by atoms with van der Waals surface area (Å²) in [5.41, 5.74) is 1.71. The second-order valence-corrected chi connectivity index (χ2v) is 1.89. The van der Waals surface area contributed by atoms with Crippen molar-refractivity contribution in [3.8, 4) is 5.75 Å². The van der Waals surface area contributed by atoms with Gasteiger partial charge in [0.15, 0.2) is 0 Å². The van der Waals surface area contributed by atoms with Crippen LogP contribution >= 0.6 is 0 Å². The lowest BCUT2D eigenvalue weighted by atomic mass is 10.3. The lowest BCUT2D eigenvalue weighted by Crippen LogP contribution is -2.27. The maximum atomic E-state index is 10.6. The summed E-state index contributed by atoms with van der Waals surface area (Å²) in [4.78, 5) is 14.7. The molecular formula is C7H8N2O3. The van der Waals surface area contributed by atoms with E-state index in [9.17, 15) is 4.79 Å². The molecule has 0 aromatic heterocycles. The molecule has 0 aliphatic rings. The van der Waals surface area contributed by atoms with E-state index >= 15 is 0 Å². The zero-order valence-electron chi connectivity index (χ0n) is 6.19. The first-order valence-corrected chi connectivity index (χ1v) is 3.22. The molecule has 1 aromatic carbocycles. The number of nitrogens with one attached hydrogen (secondary N) is 1. The van der Waals surface area contributed by atoms with Crippen molar-refractivity contribution in [2.24, 2.45) is 5.84 Å². The van der Waals surface area contributed by atoms with E-state index in [1.807, 2.05) is 0 Å². The number of benzene rings is 1. The molecule has 0 amide bonds. The van der Waals surface area contributed by atoms with E-state index in [1.54, 1.807) is 35.9 Å². The number of para-hydroxylation sites is 1. The number of rotatable bonds is 2. The minimum atomic E-state index is -0.899. The van der Waals surface area contributed by atoms with Gasteiger partial charge < -0.3 is 9.57 Å². The summed E-state index contributed by atoms with van der Waals surface area (Å²) in [7, 11) is 0. The van der Waals surface area contributed by atoms with Gasteiger partial charge in [0.25, 0.3) is 0 Å². The standard InChI is InChI=1S/C7H8N2O3/c8-9-12-7(10)11-6-4-2-1-3-5-6/h1-5,9H,8H2. The van der Waals surface area contributed by atoms with Crippen LogP contribution < -0.4 is 16.2 Å². The number of carbonyl (C=O) groups excluding carboxylic acids is 1. The van der Waals surface area contributed by atoms with Crippen LogP contribution in [0.2, 0.25) is 0 Å². The molecule has 0 unspecified atom stereocenters. The summed E-state index contributed by atoms with van der Waals surface area (Å²) in [6.45, 7) is 0. The van der Waals surface area contributed by atoms with Crippen LogP contribution in [0.15, 0.2) is 30.3 Å². The van der Waals surface area contributed by atoms with E-state index in [2.05, 4.69) is 9.57 Å². The fourth-order valence-electron chi connectivity index (χ4n) is 0.654. The number of hydrogen-bond donors (Lipinski definition) is 2. The molecule has 0 bridgehead atoms. The van der Waals surface area contributed by atoms with Gasteiger partial charge in [-0.3, -0.25) is 0 Å². The molecule has 12 heavy (non-hydrogen) atoms. The predicted molar refractivity (Wildman–Crippen MR) is 40.9 cm³/mol.